The van der Waals surface area contributed by atoms with E-state index in [-0.39, 0.29) is 18.9 Å². The minimum absolute atomic E-state index is 0.00725. The summed E-state index contributed by atoms with van der Waals surface area (Å²) in [5.41, 5.74) is 2.75. The summed E-state index contributed by atoms with van der Waals surface area (Å²) in [7, 11) is 0. The number of carbonyl (C=O) groups excluding carboxylic acids is 1. The average molecular weight is 288 g/mol. The van der Waals surface area contributed by atoms with Crippen molar-refractivity contribution in [3.05, 3.63) is 52.9 Å². The van der Waals surface area contributed by atoms with Gasteiger partial charge in [0, 0.05) is 17.5 Å². The van der Waals surface area contributed by atoms with Crippen LogP contribution in [0.1, 0.15) is 33.6 Å². The maximum atomic E-state index is 12.2. The van der Waals surface area contributed by atoms with Gasteiger partial charge in [-0.1, -0.05) is 23.4 Å². The largest absolute Gasteiger partial charge is 0.481 e. The van der Waals surface area contributed by atoms with E-state index in [0.717, 1.165) is 5.56 Å². The molecule has 1 aromatic heterocycles. The number of rotatable bonds is 6. The smallest absolute Gasteiger partial charge is 0.303 e. The standard InChI is InChI=1S/C15H16N2O4/c1-10-9-21-17-13(10)8-16-15(20)12-5-3-2-4-11(12)6-7-14(18)19/h2-5,9H,6-8H2,1H3,(H,16,20)(H,18,19). The molecule has 0 unspecified atom stereocenters. The Balaban J connectivity index is 2.04. The third-order valence-corrected chi connectivity index (χ3v) is 3.13. The van der Waals surface area contributed by atoms with Crippen molar-refractivity contribution in [1.82, 2.24) is 10.5 Å². The monoisotopic (exact) mass is 288 g/mol. The SMILES string of the molecule is Cc1conc1CNC(=O)c1ccccc1CCC(=O)O. The summed E-state index contributed by atoms with van der Waals surface area (Å²) >= 11 is 0. The lowest BCUT2D eigenvalue weighted by molar-refractivity contribution is -0.136. The van der Waals surface area contributed by atoms with Crippen LogP contribution in [0.5, 0.6) is 0 Å². The fourth-order valence-electron chi connectivity index (χ4n) is 1.94. The number of benzene rings is 1. The molecular formula is C15H16N2O4. The lowest BCUT2D eigenvalue weighted by atomic mass is 10.0. The number of carbonyl (C=O) groups is 2. The topological polar surface area (TPSA) is 92.4 Å². The number of hydrogen-bond donors (Lipinski definition) is 2. The maximum absolute atomic E-state index is 12.2. The first-order valence-corrected chi connectivity index (χ1v) is 6.55. The summed E-state index contributed by atoms with van der Waals surface area (Å²) in [5.74, 6) is -1.14. The highest BCUT2D eigenvalue weighted by Crippen LogP contribution is 2.12. The molecule has 0 radical (unpaired) electrons. The van der Waals surface area contributed by atoms with Crippen molar-refractivity contribution < 1.29 is 19.2 Å². The molecule has 0 fully saturated rings. The van der Waals surface area contributed by atoms with E-state index in [2.05, 4.69) is 10.5 Å². The highest BCUT2D eigenvalue weighted by Gasteiger charge is 2.13. The highest BCUT2D eigenvalue weighted by molar-refractivity contribution is 5.95. The second-order valence-corrected chi connectivity index (χ2v) is 4.68. The number of aliphatic carboxylic acids is 1. The molecule has 0 aliphatic rings. The van der Waals surface area contributed by atoms with E-state index in [1.807, 2.05) is 6.92 Å². The zero-order chi connectivity index (χ0) is 15.2. The van der Waals surface area contributed by atoms with Gasteiger partial charge in [-0.15, -0.1) is 0 Å². The molecule has 0 bridgehead atoms. The van der Waals surface area contributed by atoms with Crippen LogP contribution < -0.4 is 5.32 Å². The number of nitrogens with zero attached hydrogens (tertiary/aromatic N) is 1. The predicted molar refractivity (Wildman–Crippen MR) is 74.8 cm³/mol. The minimum atomic E-state index is -0.886. The molecule has 0 aliphatic heterocycles. The summed E-state index contributed by atoms with van der Waals surface area (Å²) in [5, 5.41) is 15.3. The van der Waals surface area contributed by atoms with Gasteiger partial charge in [0.1, 0.15) is 12.0 Å². The molecule has 1 aromatic carbocycles. The van der Waals surface area contributed by atoms with E-state index in [1.54, 1.807) is 24.3 Å². The normalized spacial score (nSPS) is 10.3. The van der Waals surface area contributed by atoms with Gasteiger partial charge in [-0.05, 0) is 25.0 Å². The zero-order valence-corrected chi connectivity index (χ0v) is 11.6. The van der Waals surface area contributed by atoms with Gasteiger partial charge < -0.3 is 14.9 Å². The molecule has 2 rings (SSSR count). The van der Waals surface area contributed by atoms with Crippen molar-refractivity contribution in [3.63, 3.8) is 0 Å². The number of amides is 1. The van der Waals surface area contributed by atoms with Crippen LogP contribution in [0.15, 0.2) is 35.1 Å². The number of carboxylic acids is 1. The molecule has 0 aliphatic carbocycles. The summed E-state index contributed by atoms with van der Waals surface area (Å²) in [6, 6.07) is 6.98. The van der Waals surface area contributed by atoms with Gasteiger partial charge in [-0.25, -0.2) is 0 Å². The first-order chi connectivity index (χ1) is 10.1. The Morgan fingerprint density at radius 3 is 2.76 bits per heavy atom. The van der Waals surface area contributed by atoms with E-state index in [4.69, 9.17) is 9.63 Å². The van der Waals surface area contributed by atoms with Crippen LogP contribution in [0, 0.1) is 6.92 Å². The van der Waals surface area contributed by atoms with Gasteiger partial charge in [-0.3, -0.25) is 9.59 Å². The van der Waals surface area contributed by atoms with Crippen LogP contribution in [0.4, 0.5) is 0 Å². The number of aryl methyl sites for hydroxylation is 2. The van der Waals surface area contributed by atoms with Gasteiger partial charge in [-0.2, -0.15) is 0 Å². The molecule has 1 heterocycles. The summed E-state index contributed by atoms with van der Waals surface area (Å²) in [6.45, 7) is 2.12. The van der Waals surface area contributed by atoms with E-state index in [9.17, 15) is 9.59 Å². The Morgan fingerprint density at radius 2 is 2.10 bits per heavy atom. The molecule has 2 aromatic rings. The van der Waals surface area contributed by atoms with E-state index in [1.165, 1.54) is 6.26 Å². The zero-order valence-electron chi connectivity index (χ0n) is 11.6. The Morgan fingerprint density at radius 1 is 1.33 bits per heavy atom. The van der Waals surface area contributed by atoms with Crippen molar-refractivity contribution in [2.75, 3.05) is 0 Å². The third kappa shape index (κ3) is 3.92. The van der Waals surface area contributed by atoms with Gasteiger partial charge in [0.25, 0.3) is 5.91 Å². The van der Waals surface area contributed by atoms with Gasteiger partial charge in [0.15, 0.2) is 0 Å². The molecular weight excluding hydrogens is 272 g/mol. The Kier molecular flexibility index (Phi) is 4.71. The van der Waals surface area contributed by atoms with Crippen LogP contribution in [0.3, 0.4) is 0 Å². The second-order valence-electron chi connectivity index (χ2n) is 4.68. The van der Waals surface area contributed by atoms with Crippen molar-refractivity contribution in [3.8, 4) is 0 Å². The first-order valence-electron chi connectivity index (χ1n) is 6.55. The Labute approximate surface area is 121 Å². The molecule has 0 spiro atoms. The molecule has 6 heteroatoms. The third-order valence-electron chi connectivity index (χ3n) is 3.13. The van der Waals surface area contributed by atoms with Crippen molar-refractivity contribution in [2.45, 2.75) is 26.3 Å². The molecule has 1 amide bonds. The quantitative estimate of drug-likeness (QED) is 0.847. The molecule has 0 saturated carbocycles. The Bertz CT molecular complexity index is 649. The van der Waals surface area contributed by atoms with Crippen LogP contribution in [-0.4, -0.2) is 22.1 Å². The molecule has 6 nitrogen and oxygen atoms in total. The van der Waals surface area contributed by atoms with Crippen LogP contribution in [0.25, 0.3) is 0 Å². The average Bonchev–Trinajstić information content (AvgIpc) is 2.88. The lowest BCUT2D eigenvalue weighted by Gasteiger charge is -2.08. The van der Waals surface area contributed by atoms with Gasteiger partial charge >= 0.3 is 5.97 Å². The lowest BCUT2D eigenvalue weighted by Crippen LogP contribution is -2.24. The summed E-state index contributed by atoms with van der Waals surface area (Å²) in [6.07, 6.45) is 1.83. The van der Waals surface area contributed by atoms with Crippen molar-refractivity contribution in [1.29, 1.82) is 0 Å². The van der Waals surface area contributed by atoms with Crippen LogP contribution >= 0.6 is 0 Å². The van der Waals surface area contributed by atoms with Gasteiger partial charge in [0.05, 0.1) is 6.54 Å². The highest BCUT2D eigenvalue weighted by atomic mass is 16.5. The molecule has 2 N–H and O–H groups in total. The minimum Gasteiger partial charge on any atom is -0.481 e. The maximum Gasteiger partial charge on any atom is 0.303 e. The summed E-state index contributed by atoms with van der Waals surface area (Å²) < 4.78 is 4.81. The molecule has 0 saturated heterocycles. The number of aromatic nitrogens is 1. The van der Waals surface area contributed by atoms with E-state index in [0.29, 0.717) is 23.2 Å². The number of hydrogen-bond acceptors (Lipinski definition) is 4. The second kappa shape index (κ2) is 6.69. The molecule has 0 atom stereocenters. The van der Waals surface area contributed by atoms with Gasteiger partial charge in [0.2, 0.25) is 0 Å². The predicted octanol–water partition coefficient (Wildman–Crippen LogP) is 1.93. The summed E-state index contributed by atoms with van der Waals surface area (Å²) in [4.78, 5) is 22.9. The molecule has 21 heavy (non-hydrogen) atoms. The number of nitrogens with one attached hydrogen (secondary N) is 1. The van der Waals surface area contributed by atoms with Crippen molar-refractivity contribution in [2.24, 2.45) is 0 Å². The first kappa shape index (κ1) is 14.8. The van der Waals surface area contributed by atoms with Crippen molar-refractivity contribution >= 4 is 11.9 Å². The fraction of sp³-hybridized carbons (Fsp3) is 0.267. The Hall–Kier alpha value is -2.63. The van der Waals surface area contributed by atoms with Crippen LogP contribution in [0.2, 0.25) is 0 Å². The van der Waals surface area contributed by atoms with E-state index < -0.39 is 5.97 Å². The molecule has 110 valence electrons. The van der Waals surface area contributed by atoms with E-state index >= 15 is 0 Å². The number of carboxylic acid groups (broad SMARTS) is 1. The van der Waals surface area contributed by atoms with Crippen LogP contribution in [-0.2, 0) is 17.8 Å². The fourth-order valence-corrected chi connectivity index (χ4v) is 1.94.